The number of hydrogen-bond acceptors (Lipinski definition) is 7. The lowest BCUT2D eigenvalue weighted by Gasteiger charge is -2.49. The van der Waals surface area contributed by atoms with E-state index in [-0.39, 0.29) is 18.0 Å². The van der Waals surface area contributed by atoms with Gasteiger partial charge in [0.15, 0.2) is 0 Å². The van der Waals surface area contributed by atoms with E-state index in [1.807, 2.05) is 0 Å². The number of amides is 2. The Hall–Kier alpha value is -1.89. The van der Waals surface area contributed by atoms with E-state index >= 15 is 0 Å². The van der Waals surface area contributed by atoms with Crippen LogP contribution in [0.2, 0.25) is 0 Å². The van der Waals surface area contributed by atoms with Gasteiger partial charge in [-0.3, -0.25) is 14.1 Å². The third-order valence-electron chi connectivity index (χ3n) is 3.96. The maximum absolute atomic E-state index is 12.4. The fourth-order valence-electron chi connectivity index (χ4n) is 3.13. The molecule has 0 aromatic carbocycles. The molecular formula is C14H18N2O8S2. The molecule has 144 valence electrons. The first-order valence-electron chi connectivity index (χ1n) is 7.41. The maximum Gasteiger partial charge on any atom is 0.397 e. The van der Waals surface area contributed by atoms with Gasteiger partial charge in [-0.2, -0.15) is 8.42 Å². The van der Waals surface area contributed by atoms with E-state index in [2.05, 4.69) is 9.50 Å². The molecule has 0 saturated carbocycles. The molecular weight excluding hydrogens is 388 g/mol. The molecule has 2 aliphatic heterocycles. The minimum atomic E-state index is -4.78. The van der Waals surface area contributed by atoms with Crippen LogP contribution < -0.4 is 5.32 Å². The van der Waals surface area contributed by atoms with Gasteiger partial charge in [0.1, 0.15) is 5.70 Å². The number of aliphatic carboxylic acids is 1. The van der Waals surface area contributed by atoms with Crippen molar-refractivity contribution >= 4 is 39.9 Å². The minimum absolute atomic E-state index is 0.184. The van der Waals surface area contributed by atoms with Crippen LogP contribution in [-0.4, -0.2) is 52.4 Å². The average Bonchev–Trinajstić information content (AvgIpc) is 2.74. The van der Waals surface area contributed by atoms with Crippen molar-refractivity contribution in [2.24, 2.45) is 5.92 Å². The summed E-state index contributed by atoms with van der Waals surface area (Å²) in [6, 6.07) is -0.595. The Kier molecular flexibility index (Phi) is 5.52. The third kappa shape index (κ3) is 4.09. The van der Waals surface area contributed by atoms with E-state index in [1.54, 1.807) is 0 Å². The van der Waals surface area contributed by atoms with E-state index < -0.39 is 39.8 Å². The second-order valence-corrected chi connectivity index (χ2v) is 8.29. The summed E-state index contributed by atoms with van der Waals surface area (Å²) in [6.45, 7) is 3.99. The normalized spacial score (nSPS) is 23.2. The molecule has 3 N–H and O–H groups in total. The lowest BCUT2D eigenvalue weighted by molar-refractivity contribution is -0.166. The molecule has 0 aliphatic carbocycles. The van der Waals surface area contributed by atoms with Crippen LogP contribution in [0.1, 0.15) is 27.2 Å². The van der Waals surface area contributed by atoms with Gasteiger partial charge in [0, 0.05) is 24.4 Å². The number of hydrogen-bond donors (Lipinski definition) is 3. The summed E-state index contributed by atoms with van der Waals surface area (Å²) < 4.78 is 35.5. The smallest absolute Gasteiger partial charge is 0.397 e. The van der Waals surface area contributed by atoms with Gasteiger partial charge in [0.25, 0.3) is 0 Å². The molecule has 0 bridgehead atoms. The lowest BCUT2D eigenvalue weighted by Crippen LogP contribution is -2.66. The van der Waals surface area contributed by atoms with Crippen LogP contribution >= 0.6 is 11.8 Å². The molecule has 2 unspecified atom stereocenters. The summed E-state index contributed by atoms with van der Waals surface area (Å²) in [5.74, 6) is -3.11. The van der Waals surface area contributed by atoms with Crippen molar-refractivity contribution in [3.8, 4) is 0 Å². The predicted octanol–water partition coefficient (Wildman–Crippen LogP) is 0.452. The van der Waals surface area contributed by atoms with Crippen LogP contribution in [0, 0.1) is 5.92 Å². The van der Waals surface area contributed by atoms with Gasteiger partial charge in [-0.05, 0) is 19.3 Å². The predicted molar refractivity (Wildman–Crippen MR) is 90.7 cm³/mol. The van der Waals surface area contributed by atoms with Crippen LogP contribution in [0.4, 0.5) is 0 Å². The monoisotopic (exact) mass is 406 g/mol. The van der Waals surface area contributed by atoms with Gasteiger partial charge in [-0.25, -0.2) is 8.98 Å². The Bertz CT molecular complexity index is 815. The van der Waals surface area contributed by atoms with Crippen LogP contribution in [0.25, 0.3) is 0 Å². The Morgan fingerprint density at radius 1 is 1.42 bits per heavy atom. The number of carboxylic acids is 1. The van der Waals surface area contributed by atoms with Gasteiger partial charge >= 0.3 is 16.4 Å². The van der Waals surface area contributed by atoms with Gasteiger partial charge in [-0.1, -0.05) is 11.8 Å². The van der Waals surface area contributed by atoms with Crippen molar-refractivity contribution in [1.82, 2.24) is 10.2 Å². The summed E-state index contributed by atoms with van der Waals surface area (Å²) in [7, 11) is -4.78. The number of carbonyl (C=O) groups is 3. The summed E-state index contributed by atoms with van der Waals surface area (Å²) in [5.41, 5.74) is -1.72. The average molecular weight is 406 g/mol. The number of nitrogens with one attached hydrogen (secondary N) is 1. The standard InChI is InChI=1S/C14H18N2O8S2/c1-7(17)15-4-5-25-9-6-8-10(14(2,3)24-26(21,22)23)12(18)16(8)11(9)13(19)20/h4-5,8,10H,6H2,1-3H3,(H,15,17)(H,19,20)(H,21,22,23). The first kappa shape index (κ1) is 20.4. The molecule has 2 aliphatic rings. The van der Waals surface area contributed by atoms with Crippen LogP contribution in [0.15, 0.2) is 22.2 Å². The molecule has 0 aromatic heterocycles. The van der Waals surface area contributed by atoms with Gasteiger partial charge in [-0.15, -0.1) is 0 Å². The Morgan fingerprint density at radius 3 is 2.54 bits per heavy atom. The van der Waals surface area contributed by atoms with Crippen molar-refractivity contribution in [3.63, 3.8) is 0 Å². The zero-order valence-electron chi connectivity index (χ0n) is 14.1. The van der Waals surface area contributed by atoms with Crippen molar-refractivity contribution in [2.45, 2.75) is 38.8 Å². The number of carboxylic acid groups (broad SMARTS) is 1. The molecule has 1 fully saturated rings. The number of β-lactam (4-membered cyclic amide) rings is 1. The first-order chi connectivity index (χ1) is 11.8. The summed E-state index contributed by atoms with van der Waals surface area (Å²) >= 11 is 1.04. The van der Waals surface area contributed by atoms with Crippen molar-refractivity contribution in [1.29, 1.82) is 0 Å². The lowest BCUT2D eigenvalue weighted by atomic mass is 9.76. The zero-order chi connectivity index (χ0) is 19.9. The molecule has 1 saturated heterocycles. The molecule has 0 radical (unpaired) electrons. The Morgan fingerprint density at radius 2 is 2.04 bits per heavy atom. The number of fused-ring (bicyclic) bond motifs is 1. The quantitative estimate of drug-likeness (QED) is 0.404. The highest BCUT2D eigenvalue weighted by molar-refractivity contribution is 8.05. The second-order valence-electron chi connectivity index (χ2n) is 6.27. The molecule has 2 atom stereocenters. The van der Waals surface area contributed by atoms with Crippen LogP contribution in [0.5, 0.6) is 0 Å². The van der Waals surface area contributed by atoms with E-state index in [1.165, 1.54) is 32.4 Å². The van der Waals surface area contributed by atoms with E-state index in [9.17, 15) is 27.9 Å². The number of carbonyl (C=O) groups excluding carboxylic acids is 2. The van der Waals surface area contributed by atoms with Crippen LogP contribution in [0.3, 0.4) is 0 Å². The minimum Gasteiger partial charge on any atom is -0.477 e. The Balaban J connectivity index is 2.21. The molecule has 2 rings (SSSR count). The highest BCUT2D eigenvalue weighted by Crippen LogP contribution is 2.50. The summed E-state index contributed by atoms with van der Waals surface area (Å²) in [5, 5.41) is 13.3. The molecule has 0 spiro atoms. The van der Waals surface area contributed by atoms with Crippen molar-refractivity contribution < 1.29 is 36.6 Å². The summed E-state index contributed by atoms with van der Waals surface area (Å²) in [6.07, 6.45) is 1.53. The van der Waals surface area contributed by atoms with E-state index in [0.29, 0.717) is 4.91 Å². The van der Waals surface area contributed by atoms with Crippen molar-refractivity contribution in [2.75, 3.05) is 0 Å². The second kappa shape index (κ2) is 7.02. The zero-order valence-corrected chi connectivity index (χ0v) is 15.8. The third-order valence-corrected chi connectivity index (χ3v) is 5.51. The van der Waals surface area contributed by atoms with E-state index in [0.717, 1.165) is 16.7 Å². The molecule has 10 nitrogen and oxygen atoms in total. The molecule has 0 aromatic rings. The van der Waals surface area contributed by atoms with Gasteiger partial charge in [0.2, 0.25) is 11.8 Å². The van der Waals surface area contributed by atoms with Crippen LogP contribution in [-0.2, 0) is 29.0 Å². The molecule has 2 heterocycles. The topological polar surface area (TPSA) is 150 Å². The fourth-order valence-corrected chi connectivity index (χ4v) is 4.64. The van der Waals surface area contributed by atoms with E-state index in [4.69, 9.17) is 4.55 Å². The Labute approximate surface area is 154 Å². The maximum atomic E-state index is 12.4. The SMILES string of the molecule is CC(=O)NC=CSC1=C(C(=O)O)N2C(=O)C(C(C)(C)OS(=O)(=O)O)C2C1. The number of thioether (sulfide) groups is 1. The van der Waals surface area contributed by atoms with Gasteiger partial charge in [0.05, 0.1) is 17.6 Å². The summed E-state index contributed by atoms with van der Waals surface area (Å²) in [4.78, 5) is 36.3. The largest absolute Gasteiger partial charge is 0.477 e. The molecule has 12 heteroatoms. The number of nitrogens with zero attached hydrogens (tertiary/aromatic N) is 1. The highest BCUT2D eigenvalue weighted by Gasteiger charge is 2.61. The van der Waals surface area contributed by atoms with Crippen molar-refractivity contribution in [3.05, 3.63) is 22.2 Å². The van der Waals surface area contributed by atoms with Gasteiger partial charge < -0.3 is 15.3 Å². The highest BCUT2D eigenvalue weighted by atomic mass is 32.3. The fraction of sp³-hybridized carbons (Fsp3) is 0.500. The number of rotatable bonds is 7. The molecule has 2 amide bonds. The first-order valence-corrected chi connectivity index (χ1v) is 9.66. The molecule has 26 heavy (non-hydrogen) atoms.